The Hall–Kier alpha value is -0.115. The number of amides is 1. The molecule has 1 unspecified atom stereocenters. The minimum absolute atomic E-state index is 0.0535. The molecule has 0 rings (SSSR count). The molecule has 0 aliphatic rings. The lowest BCUT2D eigenvalue weighted by Gasteiger charge is -2.10. The summed E-state index contributed by atoms with van der Waals surface area (Å²) in [4.78, 5) is 11.0. The molecule has 0 fully saturated rings. The van der Waals surface area contributed by atoms with Gasteiger partial charge in [0.2, 0.25) is 0 Å². The highest BCUT2D eigenvalue weighted by molar-refractivity contribution is 7.72. The molecule has 6 heteroatoms. The molecule has 0 aliphatic carbocycles. The highest BCUT2D eigenvalue weighted by atomic mass is 31.1. The van der Waals surface area contributed by atoms with Crippen molar-refractivity contribution in [2.24, 2.45) is 0 Å². The Balaban J connectivity index is 3.36. The van der Waals surface area contributed by atoms with Gasteiger partial charge >= 0.3 is 0 Å². The van der Waals surface area contributed by atoms with Gasteiger partial charge in [-0.05, 0) is 13.7 Å². The third-order valence-corrected chi connectivity index (χ3v) is 2.62. The van der Waals surface area contributed by atoms with Crippen LogP contribution in [0.4, 0.5) is 4.79 Å². The van der Waals surface area contributed by atoms with Gasteiger partial charge in [0.25, 0.3) is 5.65 Å². The monoisotopic (exact) mass is 173 g/mol. The number of rotatable bonds is 5. The Morgan fingerprint density at radius 1 is 1.55 bits per heavy atom. The van der Waals surface area contributed by atoms with E-state index in [9.17, 15) is 4.79 Å². The standard InChI is InChI=1S/C5H13BN3OP/c1-7-11(2)5(10)8-3-4-9-6/h7,9H,3-4H2,1-2H3,(H,8,10). The van der Waals surface area contributed by atoms with Crippen molar-refractivity contribution < 1.29 is 4.79 Å². The van der Waals surface area contributed by atoms with Gasteiger partial charge in [-0.1, -0.05) is 0 Å². The molecule has 1 atom stereocenters. The van der Waals surface area contributed by atoms with Gasteiger partial charge in [0, 0.05) is 13.1 Å². The lowest BCUT2D eigenvalue weighted by Crippen LogP contribution is -2.30. The summed E-state index contributed by atoms with van der Waals surface area (Å²) in [5.74, 6) is 0. The normalized spacial score (nSPS) is 12.5. The van der Waals surface area contributed by atoms with Crippen LogP contribution in [-0.4, -0.2) is 40.4 Å². The number of hydrogen-bond donors (Lipinski definition) is 3. The second kappa shape index (κ2) is 6.59. The summed E-state index contributed by atoms with van der Waals surface area (Å²) >= 11 is 0. The highest BCUT2D eigenvalue weighted by Gasteiger charge is 2.07. The molecule has 0 aromatic heterocycles. The van der Waals surface area contributed by atoms with Crippen LogP contribution in [0.1, 0.15) is 0 Å². The molecule has 3 N–H and O–H groups in total. The zero-order valence-electron chi connectivity index (χ0n) is 6.85. The number of nitrogens with one attached hydrogen (secondary N) is 3. The minimum atomic E-state index is -0.725. The van der Waals surface area contributed by atoms with E-state index in [4.69, 9.17) is 7.98 Å². The third kappa shape index (κ3) is 5.19. The average molecular weight is 173 g/mol. The van der Waals surface area contributed by atoms with Gasteiger partial charge in [0.15, 0.2) is 7.98 Å². The van der Waals surface area contributed by atoms with Gasteiger partial charge in [-0.15, -0.1) is 0 Å². The van der Waals surface area contributed by atoms with Gasteiger partial charge in [-0.3, -0.25) is 9.88 Å². The van der Waals surface area contributed by atoms with Crippen molar-refractivity contribution in [2.75, 3.05) is 26.8 Å². The van der Waals surface area contributed by atoms with Crippen LogP contribution in [0.15, 0.2) is 0 Å². The molecule has 0 aliphatic heterocycles. The second-order valence-electron chi connectivity index (χ2n) is 1.97. The minimum Gasteiger partial charge on any atom is -0.365 e. The van der Waals surface area contributed by atoms with Gasteiger partial charge in [-0.2, -0.15) is 0 Å². The lowest BCUT2D eigenvalue weighted by atomic mass is 10.4. The smallest absolute Gasteiger partial charge is 0.255 e. The first-order chi connectivity index (χ1) is 5.22. The van der Waals surface area contributed by atoms with E-state index in [1.54, 1.807) is 7.05 Å². The van der Waals surface area contributed by atoms with Crippen molar-refractivity contribution in [3.05, 3.63) is 0 Å². The van der Waals surface area contributed by atoms with E-state index in [1.165, 1.54) is 0 Å². The van der Waals surface area contributed by atoms with Crippen molar-refractivity contribution in [1.29, 1.82) is 0 Å². The molecule has 4 nitrogen and oxygen atoms in total. The Bertz CT molecular complexity index is 124. The summed E-state index contributed by atoms with van der Waals surface area (Å²) in [7, 11) is 6.06. The number of carbonyl (C=O) groups is 1. The summed E-state index contributed by atoms with van der Waals surface area (Å²) in [6, 6.07) is 0. The molecule has 1 amide bonds. The molecule has 0 bridgehead atoms. The fraction of sp³-hybridized carbons (Fsp3) is 0.800. The van der Waals surface area contributed by atoms with Gasteiger partial charge < -0.3 is 10.5 Å². The summed E-state index contributed by atoms with van der Waals surface area (Å²) < 4.78 is 0. The third-order valence-electron chi connectivity index (χ3n) is 1.19. The van der Waals surface area contributed by atoms with E-state index in [1.807, 2.05) is 6.66 Å². The van der Waals surface area contributed by atoms with Crippen molar-refractivity contribution >= 4 is 21.7 Å². The van der Waals surface area contributed by atoms with Crippen molar-refractivity contribution in [3.8, 4) is 0 Å². The van der Waals surface area contributed by atoms with E-state index in [-0.39, 0.29) is 5.65 Å². The molecule has 11 heavy (non-hydrogen) atoms. The van der Waals surface area contributed by atoms with E-state index in [2.05, 4.69) is 15.6 Å². The zero-order chi connectivity index (χ0) is 8.69. The summed E-state index contributed by atoms with van der Waals surface area (Å²) in [5.41, 5.74) is 0.0535. The molecule has 0 saturated heterocycles. The van der Waals surface area contributed by atoms with Crippen molar-refractivity contribution in [1.82, 2.24) is 15.6 Å². The van der Waals surface area contributed by atoms with Crippen molar-refractivity contribution in [3.63, 3.8) is 0 Å². The Labute approximate surface area is 69.7 Å². The second-order valence-corrected chi connectivity index (χ2v) is 3.94. The van der Waals surface area contributed by atoms with Gasteiger partial charge in [-0.25, -0.2) is 0 Å². The molecular formula is C5H13BN3OP. The fourth-order valence-corrected chi connectivity index (χ4v) is 1.01. The van der Waals surface area contributed by atoms with Crippen molar-refractivity contribution in [2.45, 2.75) is 0 Å². The van der Waals surface area contributed by atoms with E-state index in [0.717, 1.165) is 0 Å². The van der Waals surface area contributed by atoms with Crippen LogP contribution in [0.25, 0.3) is 0 Å². The van der Waals surface area contributed by atoms with Crippen LogP contribution >= 0.6 is 8.07 Å². The maximum atomic E-state index is 11.0. The molecule has 0 heterocycles. The summed E-state index contributed by atoms with van der Waals surface area (Å²) in [5, 5.41) is 8.06. The first-order valence-corrected chi connectivity index (χ1v) is 5.13. The van der Waals surface area contributed by atoms with E-state index in [0.29, 0.717) is 13.1 Å². The van der Waals surface area contributed by atoms with Crippen LogP contribution in [0.2, 0.25) is 0 Å². The molecule has 0 aromatic carbocycles. The van der Waals surface area contributed by atoms with Gasteiger partial charge in [0.05, 0.1) is 8.07 Å². The molecule has 0 saturated carbocycles. The first-order valence-electron chi connectivity index (χ1n) is 3.34. The topological polar surface area (TPSA) is 53.2 Å². The predicted octanol–water partition coefficient (Wildman–Crippen LogP) is -0.385. The van der Waals surface area contributed by atoms with Crippen LogP contribution in [0, 0.1) is 0 Å². The first kappa shape index (κ1) is 10.9. The maximum Gasteiger partial charge on any atom is 0.255 e. The van der Waals surface area contributed by atoms with E-state index >= 15 is 0 Å². The SMILES string of the molecule is [B]NCCNC(=O)P(C)NC. The maximum absolute atomic E-state index is 11.0. The van der Waals surface area contributed by atoms with E-state index < -0.39 is 8.07 Å². The summed E-state index contributed by atoms with van der Waals surface area (Å²) in [6.07, 6.45) is 0. The lowest BCUT2D eigenvalue weighted by molar-refractivity contribution is 0.260. The average Bonchev–Trinajstić information content (AvgIpc) is 2.03. The largest absolute Gasteiger partial charge is 0.365 e. The predicted molar refractivity (Wildman–Crippen MR) is 49.1 cm³/mol. The van der Waals surface area contributed by atoms with Crippen LogP contribution in [0.3, 0.4) is 0 Å². The zero-order valence-corrected chi connectivity index (χ0v) is 7.74. The Morgan fingerprint density at radius 2 is 2.18 bits per heavy atom. The fourth-order valence-electron chi connectivity index (χ4n) is 0.462. The van der Waals surface area contributed by atoms with Crippen LogP contribution in [-0.2, 0) is 0 Å². The Kier molecular flexibility index (Phi) is 6.52. The Morgan fingerprint density at radius 3 is 2.64 bits per heavy atom. The molecule has 2 radical (unpaired) electrons. The molecule has 0 spiro atoms. The summed E-state index contributed by atoms with van der Waals surface area (Å²) in [6.45, 7) is 3.03. The highest BCUT2D eigenvalue weighted by Crippen LogP contribution is 2.23. The van der Waals surface area contributed by atoms with Crippen LogP contribution in [0.5, 0.6) is 0 Å². The van der Waals surface area contributed by atoms with Gasteiger partial charge in [0.1, 0.15) is 0 Å². The number of carbonyl (C=O) groups excluding carboxylic acids is 1. The molecule has 62 valence electrons. The quantitative estimate of drug-likeness (QED) is 0.301. The van der Waals surface area contributed by atoms with Crippen LogP contribution < -0.4 is 15.6 Å². The number of hydrogen-bond acceptors (Lipinski definition) is 3. The molecular weight excluding hydrogens is 160 g/mol. The molecule has 0 aromatic rings.